The summed E-state index contributed by atoms with van der Waals surface area (Å²) in [6.07, 6.45) is 14.8. The molecule has 2 atom stereocenters. The Kier molecular flexibility index (Phi) is 17.0. The number of unbranched alkanes of at least 4 members (excludes halogenated alkanes) is 10. The summed E-state index contributed by atoms with van der Waals surface area (Å²) in [5.41, 5.74) is 5.37. The molecule has 0 aromatic heterocycles. The highest BCUT2D eigenvalue weighted by molar-refractivity contribution is 9.10. The fourth-order valence-corrected chi connectivity index (χ4v) is 7.55. The molecule has 0 aliphatic heterocycles. The number of hydrogen-bond acceptors (Lipinski definition) is 6. The molecule has 4 rings (SSSR count). The van der Waals surface area contributed by atoms with Crippen molar-refractivity contribution < 1.29 is 28.5 Å². The maximum atomic E-state index is 13.9. The SMILES string of the molecule is CCCCCCCCO[C@H]1Cc2c(c(-c3ccc(Br)cc3)c(C(=O)OC)c(C(=O)OC)c2-c2ccc(Br)cc2)C[C@@H]1OCCCCCCCC. The molecule has 0 unspecified atom stereocenters. The molecule has 0 fully saturated rings. The van der Waals surface area contributed by atoms with Gasteiger partial charge in [-0.05, 0) is 59.4 Å². The lowest BCUT2D eigenvalue weighted by atomic mass is 9.74. The summed E-state index contributed by atoms with van der Waals surface area (Å²) in [7, 11) is 2.71. The lowest BCUT2D eigenvalue weighted by Crippen LogP contribution is -2.41. The lowest BCUT2D eigenvalue weighted by molar-refractivity contribution is -0.0782. The van der Waals surface area contributed by atoms with Gasteiger partial charge >= 0.3 is 11.9 Å². The number of carbonyl (C=O) groups is 2. The van der Waals surface area contributed by atoms with Crippen LogP contribution >= 0.6 is 31.9 Å². The number of methoxy groups -OCH3 is 2. The molecule has 0 N–H and O–H groups in total. The maximum Gasteiger partial charge on any atom is 0.339 e. The highest BCUT2D eigenvalue weighted by atomic mass is 79.9. The van der Waals surface area contributed by atoms with Crippen LogP contribution in [0.25, 0.3) is 22.3 Å². The molecule has 1 aliphatic carbocycles. The maximum absolute atomic E-state index is 13.9. The summed E-state index contributed by atoms with van der Waals surface area (Å²) >= 11 is 7.13. The second-order valence-corrected chi connectivity index (χ2v) is 15.0. The third kappa shape index (κ3) is 10.8. The van der Waals surface area contributed by atoms with Crippen LogP contribution in [-0.4, -0.2) is 51.6 Å². The van der Waals surface area contributed by atoms with Crippen LogP contribution in [-0.2, 0) is 31.8 Å². The summed E-state index contributed by atoms with van der Waals surface area (Å²) in [5.74, 6) is -1.18. The van der Waals surface area contributed by atoms with Crippen LogP contribution in [0.3, 0.4) is 0 Å². The number of benzene rings is 3. The standard InChI is InChI=1S/C42H54Br2O6/c1-5-7-9-11-13-15-25-49-35-27-33-34(28-36(35)50-26-16-14-12-10-8-6-2)38(30-19-23-32(44)24-20-30)40(42(46)48-4)39(41(45)47-3)37(33)29-17-21-31(43)22-18-29/h17-24,35-36H,5-16,25-28H2,1-4H3/t35-,36-/m0/s1. The van der Waals surface area contributed by atoms with Crippen LogP contribution in [0.15, 0.2) is 57.5 Å². The van der Waals surface area contributed by atoms with E-state index in [2.05, 4.69) is 45.7 Å². The quantitative estimate of drug-likeness (QED) is 0.0836. The number of halogens is 2. The molecule has 1 aliphatic rings. The Labute approximate surface area is 316 Å². The van der Waals surface area contributed by atoms with Gasteiger partial charge in [-0.25, -0.2) is 9.59 Å². The Morgan fingerprint density at radius 2 is 0.900 bits per heavy atom. The van der Waals surface area contributed by atoms with E-state index in [0.29, 0.717) is 37.2 Å². The predicted octanol–water partition coefficient (Wildman–Crippen LogP) is 11.7. The molecule has 0 bridgehead atoms. The monoisotopic (exact) mass is 812 g/mol. The summed E-state index contributed by atoms with van der Waals surface area (Å²) < 4.78 is 26.1. The first kappa shape index (κ1) is 40.3. The van der Waals surface area contributed by atoms with Gasteiger partial charge in [0.15, 0.2) is 0 Å². The van der Waals surface area contributed by atoms with Gasteiger partial charge in [-0.15, -0.1) is 0 Å². The number of esters is 2. The molecular formula is C42H54Br2O6. The van der Waals surface area contributed by atoms with Crippen LogP contribution in [0, 0.1) is 0 Å². The van der Waals surface area contributed by atoms with Crippen molar-refractivity contribution >= 4 is 43.8 Å². The van der Waals surface area contributed by atoms with Gasteiger partial charge in [-0.3, -0.25) is 0 Å². The van der Waals surface area contributed by atoms with Crippen LogP contribution in [0.2, 0.25) is 0 Å². The molecule has 50 heavy (non-hydrogen) atoms. The molecule has 0 spiro atoms. The van der Waals surface area contributed by atoms with Crippen LogP contribution in [0.1, 0.15) is 123 Å². The molecule has 8 heteroatoms. The van der Waals surface area contributed by atoms with Crippen molar-refractivity contribution in [3.05, 3.63) is 79.7 Å². The van der Waals surface area contributed by atoms with E-state index in [1.165, 1.54) is 65.6 Å². The molecule has 272 valence electrons. The Bertz CT molecular complexity index is 1400. The zero-order valence-electron chi connectivity index (χ0n) is 30.3. The van der Waals surface area contributed by atoms with Crippen molar-refractivity contribution in [1.82, 2.24) is 0 Å². The van der Waals surface area contributed by atoms with Crippen LogP contribution in [0.5, 0.6) is 0 Å². The average molecular weight is 815 g/mol. The van der Waals surface area contributed by atoms with Gasteiger partial charge in [0.05, 0.1) is 37.6 Å². The number of carbonyl (C=O) groups excluding carboxylic acids is 2. The van der Waals surface area contributed by atoms with Crippen molar-refractivity contribution in [3.63, 3.8) is 0 Å². The van der Waals surface area contributed by atoms with Crippen molar-refractivity contribution in [2.45, 2.75) is 116 Å². The van der Waals surface area contributed by atoms with E-state index >= 15 is 0 Å². The van der Waals surface area contributed by atoms with Gasteiger partial charge in [-0.1, -0.05) is 134 Å². The van der Waals surface area contributed by atoms with E-state index in [0.717, 1.165) is 56.9 Å². The smallest absolute Gasteiger partial charge is 0.339 e. The first-order valence-corrected chi connectivity index (χ1v) is 20.1. The second kappa shape index (κ2) is 21.1. The van der Waals surface area contributed by atoms with Gasteiger partial charge < -0.3 is 18.9 Å². The predicted molar refractivity (Wildman–Crippen MR) is 209 cm³/mol. The Morgan fingerprint density at radius 3 is 1.24 bits per heavy atom. The van der Waals surface area contributed by atoms with Crippen molar-refractivity contribution in [3.8, 4) is 22.3 Å². The van der Waals surface area contributed by atoms with Crippen molar-refractivity contribution in [2.24, 2.45) is 0 Å². The number of fused-ring (bicyclic) bond motifs is 1. The number of ether oxygens (including phenoxy) is 4. The molecule has 0 radical (unpaired) electrons. The minimum atomic E-state index is -0.588. The highest BCUT2D eigenvalue weighted by Crippen LogP contribution is 2.45. The number of hydrogen-bond donors (Lipinski definition) is 0. The summed E-state index contributed by atoms with van der Waals surface area (Å²) in [4.78, 5) is 27.7. The molecule has 0 saturated carbocycles. The summed E-state index contributed by atoms with van der Waals surface area (Å²) in [6, 6.07) is 15.7. The third-order valence-electron chi connectivity index (χ3n) is 9.65. The van der Waals surface area contributed by atoms with E-state index in [1.807, 2.05) is 48.5 Å². The van der Waals surface area contributed by atoms with Gasteiger partial charge in [0.2, 0.25) is 0 Å². The van der Waals surface area contributed by atoms with E-state index < -0.39 is 11.9 Å². The zero-order valence-corrected chi connectivity index (χ0v) is 33.5. The molecular weight excluding hydrogens is 760 g/mol. The molecule has 3 aromatic rings. The largest absolute Gasteiger partial charge is 0.465 e. The third-order valence-corrected chi connectivity index (χ3v) is 10.7. The Balaban J connectivity index is 1.86. The van der Waals surface area contributed by atoms with Gasteiger partial charge in [0.1, 0.15) is 0 Å². The normalized spacial score (nSPS) is 15.5. The average Bonchev–Trinajstić information content (AvgIpc) is 3.13. The van der Waals surface area contributed by atoms with Gasteiger partial charge in [-0.2, -0.15) is 0 Å². The molecule has 0 heterocycles. The first-order chi connectivity index (χ1) is 24.3. The van der Waals surface area contributed by atoms with Crippen molar-refractivity contribution in [2.75, 3.05) is 27.4 Å². The first-order valence-electron chi connectivity index (χ1n) is 18.5. The van der Waals surface area contributed by atoms with Crippen LogP contribution in [0.4, 0.5) is 0 Å². The van der Waals surface area contributed by atoms with E-state index in [9.17, 15) is 9.59 Å². The second-order valence-electron chi connectivity index (χ2n) is 13.2. The zero-order chi connectivity index (χ0) is 35.9. The van der Waals surface area contributed by atoms with Crippen LogP contribution < -0.4 is 0 Å². The highest BCUT2D eigenvalue weighted by Gasteiger charge is 2.39. The fraction of sp³-hybridized carbons (Fsp3) is 0.524. The Morgan fingerprint density at radius 1 is 0.560 bits per heavy atom. The summed E-state index contributed by atoms with van der Waals surface area (Å²) in [6.45, 7) is 5.78. The van der Waals surface area contributed by atoms with E-state index in [1.54, 1.807) is 0 Å². The Hall–Kier alpha value is -2.52. The van der Waals surface area contributed by atoms with Gasteiger partial charge in [0.25, 0.3) is 0 Å². The lowest BCUT2D eigenvalue weighted by Gasteiger charge is -2.37. The minimum absolute atomic E-state index is 0.208. The summed E-state index contributed by atoms with van der Waals surface area (Å²) in [5, 5.41) is 0. The molecule has 0 amide bonds. The molecule has 0 saturated heterocycles. The fourth-order valence-electron chi connectivity index (χ4n) is 7.02. The minimum Gasteiger partial charge on any atom is -0.465 e. The molecule has 6 nitrogen and oxygen atoms in total. The number of rotatable bonds is 20. The van der Waals surface area contributed by atoms with E-state index in [4.69, 9.17) is 18.9 Å². The van der Waals surface area contributed by atoms with Gasteiger partial charge in [0, 0.05) is 46.1 Å². The van der Waals surface area contributed by atoms with Crippen molar-refractivity contribution in [1.29, 1.82) is 0 Å². The molecule has 3 aromatic carbocycles. The topological polar surface area (TPSA) is 71.1 Å². The van der Waals surface area contributed by atoms with E-state index in [-0.39, 0.29) is 23.3 Å².